The lowest BCUT2D eigenvalue weighted by atomic mass is 9.80. The minimum Gasteiger partial charge on any atom is -0.338 e. The van der Waals surface area contributed by atoms with Crippen molar-refractivity contribution >= 4 is 29.9 Å². The van der Waals surface area contributed by atoms with E-state index in [0.29, 0.717) is 11.3 Å². The number of rotatable bonds is 1. The van der Waals surface area contributed by atoms with Gasteiger partial charge in [-0.1, -0.05) is 20.8 Å². The van der Waals surface area contributed by atoms with Gasteiger partial charge in [0.05, 0.1) is 4.88 Å². The second-order valence-electron chi connectivity index (χ2n) is 5.77. The van der Waals surface area contributed by atoms with Crippen LogP contribution >= 0.6 is 24.0 Å². The predicted octanol–water partition coefficient (Wildman–Crippen LogP) is 3.55. The van der Waals surface area contributed by atoms with E-state index in [1.165, 1.54) is 11.3 Å². The number of thiophene rings is 1. The van der Waals surface area contributed by atoms with Gasteiger partial charge in [-0.25, -0.2) is 0 Å². The van der Waals surface area contributed by atoms with Gasteiger partial charge in [-0.15, -0.1) is 24.0 Å². The van der Waals surface area contributed by atoms with Gasteiger partial charge in [-0.3, -0.25) is 4.79 Å². The molecule has 17 heavy (non-hydrogen) atoms. The van der Waals surface area contributed by atoms with Crippen molar-refractivity contribution in [3.63, 3.8) is 0 Å². The number of likely N-dealkylation sites (tertiary alicyclic amines) is 1. The molecule has 1 aliphatic heterocycles. The number of hydrogen-bond donors (Lipinski definition) is 1. The van der Waals surface area contributed by atoms with Crippen LogP contribution < -0.4 is 0 Å². The molecule has 1 fully saturated rings. The molecule has 1 aliphatic rings. The Balaban J connectivity index is 2.04. The van der Waals surface area contributed by atoms with E-state index in [0.717, 1.165) is 29.3 Å². The van der Waals surface area contributed by atoms with Crippen molar-refractivity contribution in [3.05, 3.63) is 16.3 Å². The largest absolute Gasteiger partial charge is 0.338 e. The topological polar surface area (TPSA) is 20.3 Å². The minimum atomic E-state index is 0.169. The van der Waals surface area contributed by atoms with E-state index in [2.05, 4.69) is 33.4 Å². The first kappa shape index (κ1) is 13.0. The first-order valence-electron chi connectivity index (χ1n) is 5.94. The molecule has 94 valence electrons. The lowest BCUT2D eigenvalue weighted by molar-refractivity contribution is 0.0781. The van der Waals surface area contributed by atoms with Gasteiger partial charge in [-0.2, -0.15) is 0 Å². The second kappa shape index (κ2) is 4.65. The zero-order valence-corrected chi connectivity index (χ0v) is 12.3. The van der Waals surface area contributed by atoms with Crippen molar-refractivity contribution in [1.29, 1.82) is 0 Å². The van der Waals surface area contributed by atoms with E-state index in [1.807, 2.05) is 16.3 Å². The van der Waals surface area contributed by atoms with Gasteiger partial charge in [0.2, 0.25) is 0 Å². The molecule has 2 rings (SSSR count). The Morgan fingerprint density at radius 1 is 1.53 bits per heavy atom. The third-order valence-electron chi connectivity index (χ3n) is 3.50. The third kappa shape index (κ3) is 2.86. The SMILES string of the molecule is CC(C)(C)C1CCN(C(=O)c2cc(S)cs2)C1. The van der Waals surface area contributed by atoms with E-state index in [4.69, 9.17) is 0 Å². The minimum absolute atomic E-state index is 0.169. The van der Waals surface area contributed by atoms with Crippen molar-refractivity contribution in [2.24, 2.45) is 11.3 Å². The maximum atomic E-state index is 12.2. The first-order valence-corrected chi connectivity index (χ1v) is 7.27. The number of amides is 1. The fourth-order valence-corrected chi connectivity index (χ4v) is 3.36. The summed E-state index contributed by atoms with van der Waals surface area (Å²) in [4.78, 5) is 15.9. The molecule has 1 amide bonds. The smallest absolute Gasteiger partial charge is 0.263 e. The average Bonchev–Trinajstić information content (AvgIpc) is 2.83. The maximum absolute atomic E-state index is 12.2. The zero-order valence-electron chi connectivity index (χ0n) is 10.6. The Morgan fingerprint density at radius 2 is 2.24 bits per heavy atom. The lowest BCUT2D eigenvalue weighted by Crippen LogP contribution is -2.30. The fraction of sp³-hybridized carbons (Fsp3) is 0.615. The lowest BCUT2D eigenvalue weighted by Gasteiger charge is -2.26. The third-order valence-corrected chi connectivity index (χ3v) is 4.85. The van der Waals surface area contributed by atoms with Crippen LogP contribution in [0.25, 0.3) is 0 Å². The van der Waals surface area contributed by atoms with Crippen LogP contribution in [0.15, 0.2) is 16.3 Å². The summed E-state index contributed by atoms with van der Waals surface area (Å²) in [5.74, 6) is 0.781. The molecule has 1 saturated heterocycles. The highest BCUT2D eigenvalue weighted by atomic mass is 32.1. The summed E-state index contributed by atoms with van der Waals surface area (Å²) in [7, 11) is 0. The molecule has 1 atom stereocenters. The number of nitrogens with zero attached hydrogens (tertiary/aromatic N) is 1. The van der Waals surface area contributed by atoms with E-state index < -0.39 is 0 Å². The summed E-state index contributed by atoms with van der Waals surface area (Å²) in [5.41, 5.74) is 0.291. The standard InChI is InChI=1S/C13H19NOS2/c1-13(2,3)9-4-5-14(7-9)12(15)11-6-10(16)8-17-11/h6,8-9,16H,4-5,7H2,1-3H3. The number of carbonyl (C=O) groups excluding carboxylic acids is 1. The Morgan fingerprint density at radius 3 is 2.71 bits per heavy atom. The molecule has 0 saturated carbocycles. The van der Waals surface area contributed by atoms with Crippen LogP contribution in [0.2, 0.25) is 0 Å². The molecule has 1 unspecified atom stereocenters. The van der Waals surface area contributed by atoms with Crippen molar-refractivity contribution in [2.45, 2.75) is 32.1 Å². The summed E-state index contributed by atoms with van der Waals surface area (Å²) in [5, 5.41) is 1.91. The summed E-state index contributed by atoms with van der Waals surface area (Å²) in [6.45, 7) is 8.54. The predicted molar refractivity (Wildman–Crippen MR) is 75.0 cm³/mol. The highest BCUT2D eigenvalue weighted by Gasteiger charge is 2.34. The van der Waals surface area contributed by atoms with Gasteiger partial charge in [0.15, 0.2) is 0 Å². The average molecular weight is 269 g/mol. The van der Waals surface area contributed by atoms with Crippen LogP contribution in [0.5, 0.6) is 0 Å². The van der Waals surface area contributed by atoms with Crippen LogP contribution in [0.1, 0.15) is 36.9 Å². The van der Waals surface area contributed by atoms with Crippen LogP contribution in [-0.4, -0.2) is 23.9 Å². The van der Waals surface area contributed by atoms with Gasteiger partial charge in [0, 0.05) is 23.4 Å². The molecule has 0 aliphatic carbocycles. The Kier molecular flexibility index (Phi) is 3.55. The Labute approximate surface area is 112 Å². The molecule has 1 aromatic rings. The summed E-state index contributed by atoms with van der Waals surface area (Å²) in [6, 6.07) is 1.86. The fourth-order valence-electron chi connectivity index (χ4n) is 2.25. The van der Waals surface area contributed by atoms with Gasteiger partial charge in [0.1, 0.15) is 0 Å². The van der Waals surface area contributed by atoms with Crippen LogP contribution in [-0.2, 0) is 0 Å². The molecule has 0 aromatic carbocycles. The highest BCUT2D eigenvalue weighted by Crippen LogP contribution is 2.34. The van der Waals surface area contributed by atoms with Crippen molar-refractivity contribution < 1.29 is 4.79 Å². The molecule has 0 bridgehead atoms. The molecule has 4 heteroatoms. The van der Waals surface area contributed by atoms with Gasteiger partial charge in [-0.05, 0) is 23.8 Å². The van der Waals surface area contributed by atoms with E-state index in [-0.39, 0.29) is 5.91 Å². The molecular formula is C13H19NOS2. The summed E-state index contributed by atoms with van der Waals surface area (Å²) >= 11 is 5.73. The van der Waals surface area contributed by atoms with Crippen molar-refractivity contribution in [3.8, 4) is 0 Å². The highest BCUT2D eigenvalue weighted by molar-refractivity contribution is 7.80. The molecule has 1 aromatic heterocycles. The molecule has 0 N–H and O–H groups in total. The number of thiol groups is 1. The number of hydrogen-bond acceptors (Lipinski definition) is 3. The molecule has 2 nitrogen and oxygen atoms in total. The van der Waals surface area contributed by atoms with Crippen LogP contribution in [0, 0.1) is 11.3 Å². The van der Waals surface area contributed by atoms with Crippen LogP contribution in [0.3, 0.4) is 0 Å². The quantitative estimate of drug-likeness (QED) is 0.773. The molecule has 0 spiro atoms. The monoisotopic (exact) mass is 269 g/mol. The normalized spacial score (nSPS) is 20.9. The Bertz CT molecular complexity index is 419. The van der Waals surface area contributed by atoms with E-state index >= 15 is 0 Å². The maximum Gasteiger partial charge on any atom is 0.263 e. The first-order chi connectivity index (χ1) is 7.88. The molecule has 2 heterocycles. The Hall–Kier alpha value is -0.480. The van der Waals surface area contributed by atoms with Crippen molar-refractivity contribution in [2.75, 3.05) is 13.1 Å². The van der Waals surface area contributed by atoms with E-state index in [9.17, 15) is 4.79 Å². The second-order valence-corrected chi connectivity index (χ2v) is 7.20. The van der Waals surface area contributed by atoms with Gasteiger partial charge >= 0.3 is 0 Å². The molecular weight excluding hydrogens is 250 g/mol. The van der Waals surface area contributed by atoms with Gasteiger partial charge < -0.3 is 4.90 Å². The van der Waals surface area contributed by atoms with Gasteiger partial charge in [0.25, 0.3) is 5.91 Å². The zero-order chi connectivity index (χ0) is 12.6. The number of carbonyl (C=O) groups is 1. The molecule has 0 radical (unpaired) electrons. The van der Waals surface area contributed by atoms with Crippen molar-refractivity contribution in [1.82, 2.24) is 4.90 Å². The summed E-state index contributed by atoms with van der Waals surface area (Å²) in [6.07, 6.45) is 1.12. The van der Waals surface area contributed by atoms with E-state index in [1.54, 1.807) is 0 Å². The summed E-state index contributed by atoms with van der Waals surface area (Å²) < 4.78 is 0. The van der Waals surface area contributed by atoms with Crippen LogP contribution in [0.4, 0.5) is 0 Å².